The number of benzene rings is 1. The summed E-state index contributed by atoms with van der Waals surface area (Å²) < 4.78 is 10.6. The average molecular weight is 385 g/mol. The van der Waals surface area contributed by atoms with E-state index < -0.39 is 0 Å². The third kappa shape index (κ3) is 6.11. The summed E-state index contributed by atoms with van der Waals surface area (Å²) in [5.41, 5.74) is 0. The number of hydrogen-bond donors (Lipinski definition) is 1. The molecule has 0 aliphatic heterocycles. The molecule has 1 aliphatic rings. The number of carbonyl (C=O) groups is 2. The Balaban J connectivity index is 1.59. The van der Waals surface area contributed by atoms with Crippen LogP contribution in [0.1, 0.15) is 37.9 Å². The second-order valence-corrected chi connectivity index (χ2v) is 7.25. The van der Waals surface area contributed by atoms with E-state index in [1.807, 2.05) is 18.2 Å². The zero-order chi connectivity index (χ0) is 19.8. The molecule has 1 saturated carbocycles. The van der Waals surface area contributed by atoms with Crippen LogP contribution >= 0.6 is 0 Å². The third-order valence-electron chi connectivity index (χ3n) is 4.89. The molecule has 1 aliphatic carbocycles. The van der Waals surface area contributed by atoms with Gasteiger partial charge in [0.1, 0.15) is 18.1 Å². The van der Waals surface area contributed by atoms with Gasteiger partial charge in [-0.05, 0) is 37.8 Å². The van der Waals surface area contributed by atoms with E-state index in [1.54, 1.807) is 30.0 Å². The summed E-state index contributed by atoms with van der Waals surface area (Å²) >= 11 is 0. The third-order valence-corrected chi connectivity index (χ3v) is 4.89. The van der Waals surface area contributed by atoms with Crippen LogP contribution in [-0.4, -0.2) is 41.6 Å². The molecular formula is C21H27N3O4. The second kappa shape index (κ2) is 9.92. The standard InChI is InChI=1S/C21H27N3O4/c1-16-12-19(23-28-16)22-20(25)14-24(13-17-8-4-2-5-9-17)21(26)15-27-18-10-6-3-7-11-18/h3,6-7,10-12,17H,2,4-5,8-9,13-15H2,1H3,(H,22,23,25). The molecule has 0 bridgehead atoms. The van der Waals surface area contributed by atoms with E-state index in [9.17, 15) is 9.59 Å². The number of ether oxygens (including phenoxy) is 1. The summed E-state index contributed by atoms with van der Waals surface area (Å²) in [6.07, 6.45) is 5.78. The van der Waals surface area contributed by atoms with Crippen molar-refractivity contribution in [3.8, 4) is 5.75 Å². The Labute approximate surface area is 165 Å². The molecule has 7 heteroatoms. The van der Waals surface area contributed by atoms with Gasteiger partial charge in [0.05, 0.1) is 0 Å². The highest BCUT2D eigenvalue weighted by Crippen LogP contribution is 2.24. The fourth-order valence-corrected chi connectivity index (χ4v) is 3.47. The fraction of sp³-hybridized carbons (Fsp3) is 0.476. The number of para-hydroxylation sites is 1. The summed E-state index contributed by atoms with van der Waals surface area (Å²) in [5, 5.41) is 6.45. The van der Waals surface area contributed by atoms with Crippen LogP contribution in [0.5, 0.6) is 5.75 Å². The second-order valence-electron chi connectivity index (χ2n) is 7.25. The first kappa shape index (κ1) is 19.9. The van der Waals surface area contributed by atoms with Gasteiger partial charge >= 0.3 is 0 Å². The highest BCUT2D eigenvalue weighted by atomic mass is 16.5. The molecule has 0 spiro atoms. The lowest BCUT2D eigenvalue weighted by atomic mass is 9.89. The number of aromatic nitrogens is 1. The molecule has 3 rings (SSSR count). The average Bonchev–Trinajstić information content (AvgIpc) is 3.11. The normalized spacial score (nSPS) is 14.5. The SMILES string of the molecule is Cc1cc(NC(=O)CN(CC2CCCCC2)C(=O)COc2ccccc2)no1. The number of nitrogens with zero attached hydrogens (tertiary/aromatic N) is 2. The van der Waals surface area contributed by atoms with Crippen LogP contribution in [0.15, 0.2) is 40.9 Å². The lowest BCUT2D eigenvalue weighted by Crippen LogP contribution is -2.43. The number of hydrogen-bond acceptors (Lipinski definition) is 5. The summed E-state index contributed by atoms with van der Waals surface area (Å²) in [5.74, 6) is 1.54. The van der Waals surface area contributed by atoms with E-state index in [0.717, 1.165) is 12.8 Å². The number of rotatable bonds is 8. The molecule has 1 N–H and O–H groups in total. The molecule has 0 unspecified atom stereocenters. The van der Waals surface area contributed by atoms with Crippen LogP contribution in [-0.2, 0) is 9.59 Å². The van der Waals surface area contributed by atoms with Gasteiger partial charge < -0.3 is 19.5 Å². The maximum absolute atomic E-state index is 12.8. The predicted octanol–water partition coefficient (Wildman–Crippen LogP) is 3.41. The van der Waals surface area contributed by atoms with E-state index in [2.05, 4.69) is 10.5 Å². The Bertz CT molecular complexity index is 769. The first-order valence-electron chi connectivity index (χ1n) is 9.79. The Morgan fingerprint density at radius 2 is 1.96 bits per heavy atom. The summed E-state index contributed by atoms with van der Waals surface area (Å²) in [4.78, 5) is 26.8. The van der Waals surface area contributed by atoms with E-state index in [0.29, 0.717) is 29.8 Å². The summed E-state index contributed by atoms with van der Waals surface area (Å²) in [7, 11) is 0. The van der Waals surface area contributed by atoms with Gasteiger partial charge in [0, 0.05) is 12.6 Å². The minimum atomic E-state index is -0.294. The molecule has 0 atom stereocenters. The van der Waals surface area contributed by atoms with Crippen LogP contribution in [0, 0.1) is 12.8 Å². The van der Waals surface area contributed by atoms with E-state index in [1.165, 1.54) is 19.3 Å². The maximum Gasteiger partial charge on any atom is 0.260 e. The van der Waals surface area contributed by atoms with Crippen molar-refractivity contribution in [2.24, 2.45) is 5.92 Å². The van der Waals surface area contributed by atoms with Crippen molar-refractivity contribution in [3.05, 3.63) is 42.2 Å². The molecule has 150 valence electrons. The Kier molecular flexibility index (Phi) is 7.06. The Hall–Kier alpha value is -2.83. The van der Waals surface area contributed by atoms with Gasteiger partial charge in [0.15, 0.2) is 12.4 Å². The van der Waals surface area contributed by atoms with E-state index >= 15 is 0 Å². The molecule has 1 aromatic carbocycles. The van der Waals surface area contributed by atoms with E-state index in [4.69, 9.17) is 9.26 Å². The van der Waals surface area contributed by atoms with Crippen LogP contribution < -0.4 is 10.1 Å². The molecule has 1 heterocycles. The molecule has 7 nitrogen and oxygen atoms in total. The van der Waals surface area contributed by atoms with Crippen molar-refractivity contribution in [2.45, 2.75) is 39.0 Å². The monoisotopic (exact) mass is 385 g/mol. The van der Waals surface area contributed by atoms with Crippen molar-refractivity contribution in [1.29, 1.82) is 0 Å². The first-order chi connectivity index (χ1) is 13.6. The quantitative estimate of drug-likeness (QED) is 0.753. The molecule has 1 aromatic heterocycles. The van der Waals surface area contributed by atoms with Gasteiger partial charge in [-0.15, -0.1) is 0 Å². The highest BCUT2D eigenvalue weighted by molar-refractivity contribution is 5.94. The lowest BCUT2D eigenvalue weighted by molar-refractivity contribution is -0.137. The van der Waals surface area contributed by atoms with Crippen LogP contribution in [0.25, 0.3) is 0 Å². The lowest BCUT2D eigenvalue weighted by Gasteiger charge is -2.29. The Morgan fingerprint density at radius 1 is 1.21 bits per heavy atom. The minimum Gasteiger partial charge on any atom is -0.484 e. The number of aryl methyl sites for hydroxylation is 1. The van der Waals surface area contributed by atoms with Gasteiger partial charge in [0.25, 0.3) is 5.91 Å². The minimum absolute atomic E-state index is 0.0284. The Morgan fingerprint density at radius 3 is 2.64 bits per heavy atom. The number of anilines is 1. The van der Waals surface area contributed by atoms with Crippen LogP contribution in [0.2, 0.25) is 0 Å². The maximum atomic E-state index is 12.8. The van der Waals surface area contributed by atoms with Crippen molar-refractivity contribution < 1.29 is 18.8 Å². The number of carbonyl (C=O) groups excluding carboxylic acids is 2. The summed E-state index contributed by atoms with van der Waals surface area (Å²) in [6, 6.07) is 10.8. The molecule has 2 amide bonds. The zero-order valence-corrected chi connectivity index (χ0v) is 16.2. The van der Waals surface area contributed by atoms with Gasteiger partial charge in [-0.25, -0.2) is 0 Å². The van der Waals surface area contributed by atoms with Crippen molar-refractivity contribution >= 4 is 17.6 Å². The van der Waals surface area contributed by atoms with Gasteiger partial charge in [-0.1, -0.05) is 42.6 Å². The molecular weight excluding hydrogens is 358 g/mol. The largest absolute Gasteiger partial charge is 0.484 e. The van der Waals surface area contributed by atoms with Crippen LogP contribution in [0.4, 0.5) is 5.82 Å². The zero-order valence-electron chi connectivity index (χ0n) is 16.2. The molecule has 28 heavy (non-hydrogen) atoms. The topological polar surface area (TPSA) is 84.7 Å². The van der Waals surface area contributed by atoms with Crippen molar-refractivity contribution in [3.63, 3.8) is 0 Å². The van der Waals surface area contributed by atoms with Crippen molar-refractivity contribution in [2.75, 3.05) is 25.0 Å². The number of amides is 2. The molecule has 0 radical (unpaired) electrons. The summed E-state index contributed by atoms with van der Waals surface area (Å²) in [6.45, 7) is 2.21. The van der Waals surface area contributed by atoms with Gasteiger partial charge in [-0.2, -0.15) is 0 Å². The predicted molar refractivity (Wildman–Crippen MR) is 105 cm³/mol. The highest BCUT2D eigenvalue weighted by Gasteiger charge is 2.23. The molecule has 0 saturated heterocycles. The number of nitrogens with one attached hydrogen (secondary N) is 1. The molecule has 2 aromatic rings. The van der Waals surface area contributed by atoms with Gasteiger partial charge in [0.2, 0.25) is 5.91 Å². The fourth-order valence-electron chi connectivity index (χ4n) is 3.47. The van der Waals surface area contributed by atoms with E-state index in [-0.39, 0.29) is 25.0 Å². The van der Waals surface area contributed by atoms with Crippen LogP contribution in [0.3, 0.4) is 0 Å². The molecule has 1 fully saturated rings. The smallest absolute Gasteiger partial charge is 0.260 e. The van der Waals surface area contributed by atoms with Crippen molar-refractivity contribution in [1.82, 2.24) is 10.1 Å². The van der Waals surface area contributed by atoms with Gasteiger partial charge in [-0.3, -0.25) is 9.59 Å². The first-order valence-corrected chi connectivity index (χ1v) is 9.79.